The molecule has 0 amide bonds. The Kier molecular flexibility index (Phi) is 3.92. The summed E-state index contributed by atoms with van der Waals surface area (Å²) >= 11 is 0. The molecule has 0 saturated carbocycles. The molecule has 1 saturated heterocycles. The molecule has 5 nitrogen and oxygen atoms in total. The average molecular weight is 289 g/mol. The second-order valence-corrected chi connectivity index (χ2v) is 5.45. The van der Waals surface area contributed by atoms with Crippen molar-refractivity contribution in [3.8, 4) is 0 Å². The summed E-state index contributed by atoms with van der Waals surface area (Å²) in [5.41, 5.74) is 1.86. The summed E-state index contributed by atoms with van der Waals surface area (Å²) in [7, 11) is 0. The number of rotatable bonds is 4. The summed E-state index contributed by atoms with van der Waals surface area (Å²) in [5.74, 6) is -0.228. The molecule has 0 spiro atoms. The van der Waals surface area contributed by atoms with Gasteiger partial charge in [0.2, 0.25) is 0 Å². The van der Waals surface area contributed by atoms with E-state index in [1.165, 1.54) is 0 Å². The normalized spacial score (nSPS) is 16.4. The molecule has 1 aliphatic heterocycles. The van der Waals surface area contributed by atoms with Crippen LogP contribution in [0.3, 0.4) is 0 Å². The molecule has 0 radical (unpaired) electrons. The number of hydrogen-bond donors (Lipinski definition) is 0. The van der Waals surface area contributed by atoms with Crippen molar-refractivity contribution in [2.75, 3.05) is 13.2 Å². The highest BCUT2D eigenvalue weighted by atomic mass is 16.5. The summed E-state index contributed by atoms with van der Waals surface area (Å²) in [4.78, 5) is 24.3. The fourth-order valence-electron chi connectivity index (χ4n) is 2.85. The van der Waals surface area contributed by atoms with Crippen molar-refractivity contribution in [3.63, 3.8) is 0 Å². The number of ether oxygens (including phenoxy) is 1. The van der Waals surface area contributed by atoms with Gasteiger partial charge in [0.25, 0.3) is 0 Å². The van der Waals surface area contributed by atoms with E-state index >= 15 is 0 Å². The fraction of sp³-hybridized carbons (Fsp3) is 0.500. The van der Waals surface area contributed by atoms with Crippen LogP contribution in [0.25, 0.3) is 11.1 Å². The molecule has 0 unspecified atom stereocenters. The third-order valence-electron chi connectivity index (χ3n) is 3.99. The molecule has 0 N–H and O–H groups in total. The van der Waals surface area contributed by atoms with E-state index in [1.807, 2.05) is 13.0 Å². The first-order chi connectivity index (χ1) is 10.2. The first-order valence-corrected chi connectivity index (χ1v) is 7.46. The molecular formula is C16H19NO4. The third-order valence-corrected chi connectivity index (χ3v) is 3.99. The van der Waals surface area contributed by atoms with E-state index in [0.29, 0.717) is 30.9 Å². The number of carbonyl (C=O) groups is 1. The quantitative estimate of drug-likeness (QED) is 0.812. The summed E-state index contributed by atoms with van der Waals surface area (Å²) < 4.78 is 12.2. The topological polar surface area (TPSA) is 61.4 Å². The number of Topliss-reactive ketones (excluding diaryl/α,β-unsaturated/α-hetero) is 1. The van der Waals surface area contributed by atoms with Crippen LogP contribution < -0.4 is 5.76 Å². The number of ketones is 1. The Morgan fingerprint density at radius 2 is 2.10 bits per heavy atom. The number of fused-ring (bicyclic) bond motifs is 1. The molecule has 1 aliphatic rings. The molecule has 1 aromatic heterocycles. The van der Waals surface area contributed by atoms with Crippen molar-refractivity contribution >= 4 is 16.9 Å². The Morgan fingerprint density at radius 1 is 1.33 bits per heavy atom. The highest BCUT2D eigenvalue weighted by Gasteiger charge is 2.23. The van der Waals surface area contributed by atoms with E-state index < -0.39 is 0 Å². The van der Waals surface area contributed by atoms with Gasteiger partial charge in [0.05, 0.1) is 5.52 Å². The van der Waals surface area contributed by atoms with Gasteiger partial charge in [-0.15, -0.1) is 0 Å². The highest BCUT2D eigenvalue weighted by Crippen LogP contribution is 2.23. The van der Waals surface area contributed by atoms with Crippen molar-refractivity contribution in [2.24, 2.45) is 5.92 Å². The lowest BCUT2D eigenvalue weighted by Crippen LogP contribution is -2.23. The van der Waals surface area contributed by atoms with Crippen molar-refractivity contribution in [1.82, 2.24) is 4.57 Å². The van der Waals surface area contributed by atoms with Gasteiger partial charge in [-0.3, -0.25) is 9.36 Å². The number of aryl methyl sites for hydroxylation is 1. The summed E-state index contributed by atoms with van der Waals surface area (Å²) in [6.07, 6.45) is 2.38. The summed E-state index contributed by atoms with van der Waals surface area (Å²) in [6.45, 7) is 3.91. The maximum absolute atomic E-state index is 12.5. The first kappa shape index (κ1) is 14.1. The highest BCUT2D eigenvalue weighted by molar-refractivity contribution is 6.00. The second kappa shape index (κ2) is 5.85. The standard InChI is InChI=1S/C16H19NO4/c1-2-7-17-13-4-3-12(10-14(13)21-16(17)19)15(18)11-5-8-20-9-6-11/h3-4,10-11H,2,5-9H2,1H3. The first-order valence-electron chi connectivity index (χ1n) is 7.46. The maximum atomic E-state index is 12.5. The van der Waals surface area contributed by atoms with Gasteiger partial charge in [-0.25, -0.2) is 4.79 Å². The molecular weight excluding hydrogens is 270 g/mol. The fourth-order valence-corrected chi connectivity index (χ4v) is 2.85. The van der Waals surface area contributed by atoms with E-state index in [2.05, 4.69) is 0 Å². The summed E-state index contributed by atoms with van der Waals surface area (Å²) in [5, 5.41) is 0. The molecule has 112 valence electrons. The Labute approximate surface area is 122 Å². The lowest BCUT2D eigenvalue weighted by molar-refractivity contribution is 0.0545. The van der Waals surface area contributed by atoms with Gasteiger partial charge in [0, 0.05) is 31.2 Å². The molecule has 0 aliphatic carbocycles. The Bertz CT molecular complexity index is 707. The van der Waals surface area contributed by atoms with Crippen LogP contribution in [0.4, 0.5) is 0 Å². The number of aromatic nitrogens is 1. The zero-order valence-electron chi connectivity index (χ0n) is 12.1. The molecule has 0 bridgehead atoms. The SMILES string of the molecule is CCCn1c(=O)oc2cc(C(=O)C3CCOCC3)ccc21. The van der Waals surface area contributed by atoms with Crippen LogP contribution in [-0.2, 0) is 11.3 Å². The van der Waals surface area contributed by atoms with Crippen LogP contribution in [0.5, 0.6) is 0 Å². The molecule has 2 aromatic rings. The molecule has 21 heavy (non-hydrogen) atoms. The van der Waals surface area contributed by atoms with Crippen molar-refractivity contribution in [2.45, 2.75) is 32.7 Å². The van der Waals surface area contributed by atoms with E-state index in [0.717, 1.165) is 24.8 Å². The van der Waals surface area contributed by atoms with E-state index in [4.69, 9.17) is 9.15 Å². The van der Waals surface area contributed by atoms with Gasteiger partial charge < -0.3 is 9.15 Å². The van der Waals surface area contributed by atoms with E-state index in [9.17, 15) is 9.59 Å². The van der Waals surface area contributed by atoms with Gasteiger partial charge in [-0.05, 0) is 37.5 Å². The van der Waals surface area contributed by atoms with Gasteiger partial charge in [-0.2, -0.15) is 0 Å². The smallest absolute Gasteiger partial charge is 0.408 e. The number of oxazole rings is 1. The zero-order chi connectivity index (χ0) is 14.8. The Balaban J connectivity index is 1.94. The van der Waals surface area contributed by atoms with Crippen LogP contribution in [0.2, 0.25) is 0 Å². The van der Waals surface area contributed by atoms with Gasteiger partial charge in [-0.1, -0.05) is 6.92 Å². The zero-order valence-corrected chi connectivity index (χ0v) is 12.1. The van der Waals surface area contributed by atoms with Crippen LogP contribution in [0.15, 0.2) is 27.4 Å². The van der Waals surface area contributed by atoms with Crippen molar-refractivity contribution in [3.05, 3.63) is 34.3 Å². The monoisotopic (exact) mass is 289 g/mol. The van der Waals surface area contributed by atoms with Crippen LogP contribution in [0.1, 0.15) is 36.5 Å². The minimum atomic E-state index is -0.359. The Morgan fingerprint density at radius 3 is 2.81 bits per heavy atom. The van der Waals surface area contributed by atoms with Crippen molar-refractivity contribution in [1.29, 1.82) is 0 Å². The van der Waals surface area contributed by atoms with E-state index in [-0.39, 0.29) is 17.5 Å². The molecule has 1 fully saturated rings. The maximum Gasteiger partial charge on any atom is 0.419 e. The van der Waals surface area contributed by atoms with Crippen LogP contribution in [-0.4, -0.2) is 23.6 Å². The predicted octanol–water partition coefficient (Wildman–Crippen LogP) is 2.61. The number of hydrogen-bond acceptors (Lipinski definition) is 4. The third kappa shape index (κ3) is 2.65. The van der Waals surface area contributed by atoms with Crippen molar-refractivity contribution < 1.29 is 13.9 Å². The number of nitrogens with zero attached hydrogens (tertiary/aromatic N) is 1. The van der Waals surface area contributed by atoms with Crippen LogP contribution >= 0.6 is 0 Å². The second-order valence-electron chi connectivity index (χ2n) is 5.45. The van der Waals surface area contributed by atoms with Gasteiger partial charge >= 0.3 is 5.76 Å². The minimum absolute atomic E-state index is 0.0145. The lowest BCUT2D eigenvalue weighted by Gasteiger charge is -2.20. The number of carbonyl (C=O) groups excluding carboxylic acids is 1. The lowest BCUT2D eigenvalue weighted by atomic mass is 9.91. The van der Waals surface area contributed by atoms with Gasteiger partial charge in [0.1, 0.15) is 0 Å². The number of benzene rings is 1. The summed E-state index contributed by atoms with van der Waals surface area (Å²) in [6, 6.07) is 5.30. The molecule has 3 rings (SSSR count). The molecule has 0 atom stereocenters. The largest absolute Gasteiger partial charge is 0.419 e. The molecule has 2 heterocycles. The van der Waals surface area contributed by atoms with E-state index in [1.54, 1.807) is 16.7 Å². The molecule has 1 aromatic carbocycles. The van der Waals surface area contributed by atoms with Gasteiger partial charge in [0.15, 0.2) is 11.4 Å². The molecule has 5 heteroatoms. The minimum Gasteiger partial charge on any atom is -0.408 e. The Hall–Kier alpha value is -1.88. The van der Waals surface area contributed by atoms with Crippen LogP contribution in [0, 0.1) is 5.92 Å². The predicted molar refractivity (Wildman–Crippen MR) is 78.6 cm³/mol. The average Bonchev–Trinajstić information content (AvgIpc) is 2.83.